The van der Waals surface area contributed by atoms with E-state index in [0.717, 1.165) is 21.8 Å². The van der Waals surface area contributed by atoms with Gasteiger partial charge in [0.15, 0.2) is 0 Å². The molecule has 2 N–H and O–H groups in total. The molecule has 0 aliphatic heterocycles. The number of halogens is 1. The number of rotatable bonds is 5. The second kappa shape index (κ2) is 6.50. The highest BCUT2D eigenvalue weighted by Gasteiger charge is 2.00. The molecule has 2 rings (SSSR count). The van der Waals surface area contributed by atoms with Gasteiger partial charge in [-0.3, -0.25) is 4.98 Å². The van der Waals surface area contributed by atoms with E-state index in [9.17, 15) is 0 Å². The van der Waals surface area contributed by atoms with Gasteiger partial charge in [0.05, 0.1) is 18.9 Å². The van der Waals surface area contributed by atoms with Crippen LogP contribution in [0.5, 0.6) is 0 Å². The van der Waals surface area contributed by atoms with Crippen molar-refractivity contribution in [1.82, 2.24) is 4.98 Å². The SMILES string of the molecule is NCc1ccc(COCc2ccccc2Cl)nc1. The molecule has 0 fully saturated rings. The number of aromatic nitrogens is 1. The van der Waals surface area contributed by atoms with Gasteiger partial charge in [-0.15, -0.1) is 0 Å². The topological polar surface area (TPSA) is 48.1 Å². The molecule has 4 heteroatoms. The van der Waals surface area contributed by atoms with Gasteiger partial charge in [0.2, 0.25) is 0 Å². The smallest absolute Gasteiger partial charge is 0.0892 e. The van der Waals surface area contributed by atoms with Gasteiger partial charge >= 0.3 is 0 Å². The van der Waals surface area contributed by atoms with Crippen molar-refractivity contribution in [2.75, 3.05) is 0 Å². The van der Waals surface area contributed by atoms with Crippen LogP contribution in [0.2, 0.25) is 5.02 Å². The van der Waals surface area contributed by atoms with Gasteiger partial charge in [-0.2, -0.15) is 0 Å². The van der Waals surface area contributed by atoms with Crippen molar-refractivity contribution in [2.24, 2.45) is 5.73 Å². The van der Waals surface area contributed by atoms with Crippen LogP contribution in [0.1, 0.15) is 16.8 Å². The molecule has 1 heterocycles. The summed E-state index contributed by atoms with van der Waals surface area (Å²) in [5.41, 5.74) is 8.40. The molecule has 1 aromatic heterocycles. The molecule has 0 bridgehead atoms. The third-order valence-electron chi connectivity index (χ3n) is 2.59. The molecular formula is C14H15ClN2O. The second-order valence-corrected chi connectivity index (χ2v) is 4.35. The number of hydrogen-bond acceptors (Lipinski definition) is 3. The van der Waals surface area contributed by atoms with Gasteiger partial charge in [-0.1, -0.05) is 35.9 Å². The largest absolute Gasteiger partial charge is 0.370 e. The fourth-order valence-electron chi connectivity index (χ4n) is 1.54. The minimum absolute atomic E-state index is 0.468. The number of nitrogens with two attached hydrogens (primary N) is 1. The molecule has 0 aliphatic rings. The van der Waals surface area contributed by atoms with Crippen LogP contribution >= 0.6 is 11.6 Å². The van der Waals surface area contributed by atoms with Gasteiger partial charge in [0, 0.05) is 17.8 Å². The second-order valence-electron chi connectivity index (χ2n) is 3.95. The Morgan fingerprint density at radius 2 is 1.94 bits per heavy atom. The zero-order chi connectivity index (χ0) is 12.8. The van der Waals surface area contributed by atoms with Crippen molar-refractivity contribution in [3.05, 3.63) is 64.4 Å². The van der Waals surface area contributed by atoms with E-state index in [4.69, 9.17) is 22.1 Å². The van der Waals surface area contributed by atoms with Gasteiger partial charge in [-0.05, 0) is 23.3 Å². The summed E-state index contributed by atoms with van der Waals surface area (Å²) in [5, 5.41) is 0.726. The van der Waals surface area contributed by atoms with Crippen molar-refractivity contribution >= 4 is 11.6 Å². The fraction of sp³-hybridized carbons (Fsp3) is 0.214. The van der Waals surface area contributed by atoms with Crippen molar-refractivity contribution in [2.45, 2.75) is 19.8 Å². The van der Waals surface area contributed by atoms with E-state index >= 15 is 0 Å². The zero-order valence-corrected chi connectivity index (χ0v) is 10.7. The van der Waals surface area contributed by atoms with Crippen molar-refractivity contribution < 1.29 is 4.74 Å². The lowest BCUT2D eigenvalue weighted by molar-refractivity contribution is 0.104. The Morgan fingerprint density at radius 1 is 1.11 bits per heavy atom. The molecule has 0 atom stereocenters. The third-order valence-corrected chi connectivity index (χ3v) is 2.96. The lowest BCUT2D eigenvalue weighted by atomic mass is 10.2. The average Bonchev–Trinajstić information content (AvgIpc) is 2.42. The molecule has 2 aromatic rings. The molecule has 0 radical (unpaired) electrons. The Balaban J connectivity index is 1.86. The normalized spacial score (nSPS) is 10.6. The summed E-state index contributed by atoms with van der Waals surface area (Å²) in [4.78, 5) is 4.27. The Bertz CT molecular complexity index is 499. The molecule has 0 unspecified atom stereocenters. The summed E-state index contributed by atoms with van der Waals surface area (Å²) >= 11 is 6.04. The Kier molecular flexibility index (Phi) is 4.70. The maximum atomic E-state index is 6.04. The molecular weight excluding hydrogens is 248 g/mol. The molecule has 0 amide bonds. The predicted octanol–water partition coefficient (Wildman–Crippen LogP) is 2.91. The van der Waals surface area contributed by atoms with E-state index in [2.05, 4.69) is 4.98 Å². The maximum absolute atomic E-state index is 6.04. The van der Waals surface area contributed by atoms with Crippen molar-refractivity contribution in [1.29, 1.82) is 0 Å². The molecule has 18 heavy (non-hydrogen) atoms. The number of ether oxygens (including phenoxy) is 1. The van der Waals surface area contributed by atoms with Crippen LogP contribution in [0.15, 0.2) is 42.6 Å². The van der Waals surface area contributed by atoms with Gasteiger partial charge in [-0.25, -0.2) is 0 Å². The Hall–Kier alpha value is -1.42. The van der Waals surface area contributed by atoms with Crippen LogP contribution in [0.25, 0.3) is 0 Å². The fourth-order valence-corrected chi connectivity index (χ4v) is 1.73. The van der Waals surface area contributed by atoms with Crippen LogP contribution in [0, 0.1) is 0 Å². The van der Waals surface area contributed by atoms with E-state index in [1.54, 1.807) is 6.20 Å². The van der Waals surface area contributed by atoms with Crippen molar-refractivity contribution in [3.8, 4) is 0 Å². The number of hydrogen-bond donors (Lipinski definition) is 1. The third kappa shape index (κ3) is 3.53. The molecule has 1 aromatic carbocycles. The Morgan fingerprint density at radius 3 is 2.61 bits per heavy atom. The highest BCUT2D eigenvalue weighted by molar-refractivity contribution is 6.31. The molecule has 0 aliphatic carbocycles. The summed E-state index contributed by atoms with van der Waals surface area (Å²) in [6.07, 6.45) is 1.77. The van der Waals surface area contributed by atoms with E-state index in [0.29, 0.717) is 19.8 Å². The zero-order valence-electron chi connectivity index (χ0n) is 9.97. The monoisotopic (exact) mass is 262 g/mol. The summed E-state index contributed by atoms with van der Waals surface area (Å²) in [7, 11) is 0. The van der Waals surface area contributed by atoms with Crippen molar-refractivity contribution in [3.63, 3.8) is 0 Å². The number of benzene rings is 1. The predicted molar refractivity (Wildman–Crippen MR) is 72.1 cm³/mol. The van der Waals surface area contributed by atoms with Crippen LogP contribution < -0.4 is 5.73 Å². The highest BCUT2D eigenvalue weighted by atomic mass is 35.5. The lowest BCUT2D eigenvalue weighted by Gasteiger charge is -2.06. The molecule has 3 nitrogen and oxygen atoms in total. The van der Waals surface area contributed by atoms with Crippen LogP contribution in [0.4, 0.5) is 0 Å². The first-order chi connectivity index (χ1) is 8.79. The minimum Gasteiger partial charge on any atom is -0.370 e. The first-order valence-corrected chi connectivity index (χ1v) is 6.12. The van der Waals surface area contributed by atoms with Gasteiger partial charge in [0.25, 0.3) is 0 Å². The van der Waals surface area contributed by atoms with Crippen LogP contribution in [-0.4, -0.2) is 4.98 Å². The first-order valence-electron chi connectivity index (χ1n) is 5.74. The number of nitrogens with zero attached hydrogens (tertiary/aromatic N) is 1. The summed E-state index contributed by atoms with van der Waals surface area (Å²) in [6, 6.07) is 11.5. The molecule has 0 spiro atoms. The van der Waals surface area contributed by atoms with E-state index in [1.165, 1.54) is 0 Å². The maximum Gasteiger partial charge on any atom is 0.0892 e. The van der Waals surface area contributed by atoms with E-state index < -0.39 is 0 Å². The Labute approximate surface area is 112 Å². The minimum atomic E-state index is 0.468. The lowest BCUT2D eigenvalue weighted by Crippen LogP contribution is -2.00. The number of pyridine rings is 1. The van der Waals surface area contributed by atoms with Crippen LogP contribution in [-0.2, 0) is 24.5 Å². The summed E-state index contributed by atoms with van der Waals surface area (Å²) < 4.78 is 5.58. The highest BCUT2D eigenvalue weighted by Crippen LogP contribution is 2.16. The van der Waals surface area contributed by atoms with E-state index in [1.807, 2.05) is 36.4 Å². The molecule has 0 saturated carbocycles. The quantitative estimate of drug-likeness (QED) is 0.901. The summed E-state index contributed by atoms with van der Waals surface area (Å²) in [5.74, 6) is 0. The van der Waals surface area contributed by atoms with E-state index in [-0.39, 0.29) is 0 Å². The van der Waals surface area contributed by atoms with Gasteiger partial charge < -0.3 is 10.5 Å². The standard InChI is InChI=1S/C14H15ClN2O/c15-14-4-2-1-3-12(14)9-18-10-13-6-5-11(7-16)8-17-13/h1-6,8H,7,9-10,16H2. The average molecular weight is 263 g/mol. The molecule has 94 valence electrons. The van der Waals surface area contributed by atoms with Crippen LogP contribution in [0.3, 0.4) is 0 Å². The summed E-state index contributed by atoms with van der Waals surface area (Å²) in [6.45, 7) is 1.46. The molecule has 0 saturated heterocycles. The first kappa shape index (κ1) is 13.0. The van der Waals surface area contributed by atoms with Gasteiger partial charge in [0.1, 0.15) is 0 Å².